The first-order valence-corrected chi connectivity index (χ1v) is 8.31. The van der Waals surface area contributed by atoms with E-state index in [2.05, 4.69) is 10.3 Å². The van der Waals surface area contributed by atoms with Crippen LogP contribution in [0.2, 0.25) is 0 Å². The molecule has 0 fully saturated rings. The molecule has 0 aliphatic rings. The minimum atomic E-state index is -0.253. The number of amides is 1. The number of fused-ring (bicyclic) bond motifs is 1. The molecule has 0 spiro atoms. The molecule has 1 amide bonds. The van der Waals surface area contributed by atoms with Gasteiger partial charge in [0.1, 0.15) is 11.6 Å². The molecule has 5 heteroatoms. The molecule has 0 atom stereocenters. The molecule has 3 rings (SSSR count). The molecule has 3 aromatic rings. The third-order valence-electron chi connectivity index (χ3n) is 4.25. The lowest BCUT2D eigenvalue weighted by Gasteiger charge is -2.06. The number of H-pyrrole nitrogens is 1. The summed E-state index contributed by atoms with van der Waals surface area (Å²) in [7, 11) is 1.63. The number of halogens is 1. The molecule has 0 aliphatic carbocycles. The number of carbonyl (C=O) groups excluding carboxylic acids is 1. The zero-order valence-corrected chi connectivity index (χ0v) is 14.1. The van der Waals surface area contributed by atoms with Gasteiger partial charge >= 0.3 is 0 Å². The van der Waals surface area contributed by atoms with Crippen LogP contribution in [-0.2, 0) is 17.6 Å². The smallest absolute Gasteiger partial charge is 0.220 e. The summed E-state index contributed by atoms with van der Waals surface area (Å²) < 4.78 is 18.5. The van der Waals surface area contributed by atoms with Crippen molar-refractivity contribution in [2.24, 2.45) is 0 Å². The number of rotatable bonds is 7. The van der Waals surface area contributed by atoms with Gasteiger partial charge in [-0.2, -0.15) is 0 Å². The van der Waals surface area contributed by atoms with E-state index >= 15 is 0 Å². The third-order valence-corrected chi connectivity index (χ3v) is 4.25. The van der Waals surface area contributed by atoms with Crippen molar-refractivity contribution in [3.05, 3.63) is 65.6 Å². The van der Waals surface area contributed by atoms with Crippen LogP contribution >= 0.6 is 0 Å². The van der Waals surface area contributed by atoms with Gasteiger partial charge in [0.25, 0.3) is 0 Å². The number of methoxy groups -OCH3 is 1. The topological polar surface area (TPSA) is 54.1 Å². The maximum atomic E-state index is 13.4. The predicted octanol–water partition coefficient (Wildman–Crippen LogP) is 3.61. The normalized spacial score (nSPS) is 10.8. The van der Waals surface area contributed by atoms with Crippen LogP contribution in [0.4, 0.5) is 4.39 Å². The van der Waals surface area contributed by atoms with E-state index < -0.39 is 0 Å². The van der Waals surface area contributed by atoms with Crippen molar-refractivity contribution >= 4 is 16.8 Å². The lowest BCUT2D eigenvalue weighted by molar-refractivity contribution is -0.121. The zero-order chi connectivity index (χ0) is 17.6. The SMILES string of the molecule is COc1ccc(CCC(=O)NCCc2c[nH]c3ccc(F)cc23)cc1. The number of hydrogen-bond acceptors (Lipinski definition) is 2. The van der Waals surface area contributed by atoms with Crippen molar-refractivity contribution in [2.75, 3.05) is 13.7 Å². The highest BCUT2D eigenvalue weighted by atomic mass is 19.1. The van der Waals surface area contributed by atoms with Gasteiger partial charge in [0.15, 0.2) is 0 Å². The van der Waals surface area contributed by atoms with Crippen LogP contribution in [0, 0.1) is 5.82 Å². The summed E-state index contributed by atoms with van der Waals surface area (Å²) in [6, 6.07) is 12.4. The van der Waals surface area contributed by atoms with Gasteiger partial charge in [-0.15, -0.1) is 0 Å². The second-order valence-electron chi connectivity index (χ2n) is 5.95. The molecular weight excluding hydrogens is 319 g/mol. The Labute approximate surface area is 146 Å². The van der Waals surface area contributed by atoms with E-state index in [9.17, 15) is 9.18 Å². The Morgan fingerprint density at radius 3 is 2.72 bits per heavy atom. The van der Waals surface area contributed by atoms with Crippen molar-refractivity contribution in [3.63, 3.8) is 0 Å². The lowest BCUT2D eigenvalue weighted by atomic mass is 10.1. The molecule has 4 nitrogen and oxygen atoms in total. The largest absolute Gasteiger partial charge is 0.497 e. The average Bonchev–Trinajstić information content (AvgIpc) is 3.02. The van der Waals surface area contributed by atoms with Gasteiger partial charge in [-0.1, -0.05) is 12.1 Å². The highest BCUT2D eigenvalue weighted by Gasteiger charge is 2.06. The molecule has 1 aromatic heterocycles. The molecule has 2 N–H and O–H groups in total. The highest BCUT2D eigenvalue weighted by Crippen LogP contribution is 2.19. The van der Waals surface area contributed by atoms with Crippen molar-refractivity contribution in [2.45, 2.75) is 19.3 Å². The molecule has 130 valence electrons. The fraction of sp³-hybridized carbons (Fsp3) is 0.250. The van der Waals surface area contributed by atoms with Crippen LogP contribution in [0.5, 0.6) is 5.75 Å². The Balaban J connectivity index is 1.46. The molecule has 0 bridgehead atoms. The van der Waals surface area contributed by atoms with E-state index in [0.29, 0.717) is 25.8 Å². The minimum absolute atomic E-state index is 0.0156. The van der Waals surface area contributed by atoms with Crippen molar-refractivity contribution in [1.29, 1.82) is 0 Å². The van der Waals surface area contributed by atoms with Crippen LogP contribution in [0.1, 0.15) is 17.5 Å². The number of aromatic amines is 1. The summed E-state index contributed by atoms with van der Waals surface area (Å²) >= 11 is 0. The molecule has 1 heterocycles. The molecule has 0 saturated heterocycles. The van der Waals surface area contributed by atoms with Gasteiger partial charge in [-0.05, 0) is 54.3 Å². The first-order chi connectivity index (χ1) is 12.2. The van der Waals surface area contributed by atoms with Gasteiger partial charge in [-0.25, -0.2) is 4.39 Å². The predicted molar refractivity (Wildman–Crippen MR) is 96.3 cm³/mol. The standard InChI is InChI=1S/C20H21FN2O2/c1-25-17-6-2-14(3-7-17)4-9-20(24)22-11-10-15-13-23-19-8-5-16(21)12-18(15)19/h2-3,5-8,12-13,23H,4,9-11H2,1H3,(H,22,24). The molecular formula is C20H21FN2O2. The second-order valence-corrected chi connectivity index (χ2v) is 5.95. The van der Waals surface area contributed by atoms with E-state index in [1.165, 1.54) is 12.1 Å². The van der Waals surface area contributed by atoms with Crippen molar-refractivity contribution in [1.82, 2.24) is 10.3 Å². The Hall–Kier alpha value is -2.82. The Morgan fingerprint density at radius 1 is 1.16 bits per heavy atom. The fourth-order valence-electron chi connectivity index (χ4n) is 2.83. The second kappa shape index (κ2) is 7.83. The summed E-state index contributed by atoms with van der Waals surface area (Å²) in [6.07, 6.45) is 3.66. The number of hydrogen-bond donors (Lipinski definition) is 2. The monoisotopic (exact) mass is 340 g/mol. The third kappa shape index (κ3) is 4.38. The first-order valence-electron chi connectivity index (χ1n) is 8.31. The molecule has 0 unspecified atom stereocenters. The lowest BCUT2D eigenvalue weighted by Crippen LogP contribution is -2.25. The van der Waals surface area contributed by atoms with Crippen LogP contribution in [0.3, 0.4) is 0 Å². The Kier molecular flexibility index (Phi) is 5.33. The van der Waals surface area contributed by atoms with Gasteiger partial charge in [0, 0.05) is 30.1 Å². The van der Waals surface area contributed by atoms with E-state index in [1.54, 1.807) is 13.2 Å². The average molecular weight is 340 g/mol. The van der Waals surface area contributed by atoms with E-state index in [-0.39, 0.29) is 11.7 Å². The molecule has 2 aromatic carbocycles. The fourth-order valence-corrected chi connectivity index (χ4v) is 2.83. The molecule has 0 radical (unpaired) electrons. The van der Waals surface area contributed by atoms with Crippen LogP contribution in [-0.4, -0.2) is 24.5 Å². The summed E-state index contributed by atoms with van der Waals surface area (Å²) in [5.74, 6) is 0.571. The van der Waals surface area contributed by atoms with Crippen LogP contribution < -0.4 is 10.1 Å². The number of carbonyl (C=O) groups is 1. The first kappa shape index (κ1) is 17.0. The highest BCUT2D eigenvalue weighted by molar-refractivity contribution is 5.83. The maximum absolute atomic E-state index is 13.4. The van der Waals surface area contributed by atoms with Crippen LogP contribution in [0.25, 0.3) is 10.9 Å². The molecule has 0 saturated carbocycles. The minimum Gasteiger partial charge on any atom is -0.497 e. The van der Waals surface area contributed by atoms with Gasteiger partial charge < -0.3 is 15.0 Å². The number of benzene rings is 2. The van der Waals surface area contributed by atoms with Gasteiger partial charge in [-0.3, -0.25) is 4.79 Å². The summed E-state index contributed by atoms with van der Waals surface area (Å²) in [5, 5.41) is 3.79. The Bertz CT molecular complexity index is 856. The van der Waals surface area contributed by atoms with Gasteiger partial charge in [0.2, 0.25) is 5.91 Å². The summed E-state index contributed by atoms with van der Waals surface area (Å²) in [4.78, 5) is 15.1. The number of aryl methyl sites for hydroxylation is 1. The quantitative estimate of drug-likeness (QED) is 0.690. The number of ether oxygens (including phenoxy) is 1. The molecule has 0 aliphatic heterocycles. The van der Waals surface area contributed by atoms with E-state index in [0.717, 1.165) is 27.8 Å². The zero-order valence-electron chi connectivity index (χ0n) is 14.1. The maximum Gasteiger partial charge on any atom is 0.220 e. The van der Waals surface area contributed by atoms with Crippen LogP contribution in [0.15, 0.2) is 48.7 Å². The van der Waals surface area contributed by atoms with Crippen molar-refractivity contribution in [3.8, 4) is 5.75 Å². The Morgan fingerprint density at radius 2 is 1.96 bits per heavy atom. The number of nitrogens with one attached hydrogen (secondary N) is 2. The van der Waals surface area contributed by atoms with Crippen molar-refractivity contribution < 1.29 is 13.9 Å². The van der Waals surface area contributed by atoms with Gasteiger partial charge in [0.05, 0.1) is 7.11 Å². The summed E-state index contributed by atoms with van der Waals surface area (Å²) in [5.41, 5.74) is 3.01. The summed E-state index contributed by atoms with van der Waals surface area (Å²) in [6.45, 7) is 0.533. The van der Waals surface area contributed by atoms with E-state index in [4.69, 9.17) is 4.74 Å². The number of aromatic nitrogens is 1. The van der Waals surface area contributed by atoms with E-state index in [1.807, 2.05) is 30.5 Å². The molecule has 25 heavy (non-hydrogen) atoms.